The molecule has 0 spiro atoms. The molecule has 2 aromatic carbocycles. The summed E-state index contributed by atoms with van der Waals surface area (Å²) in [6.45, 7) is 1.00. The Balaban J connectivity index is 1.33. The van der Waals surface area contributed by atoms with Crippen LogP contribution in [-0.4, -0.2) is 54.2 Å². The number of hydrogen-bond acceptors (Lipinski definition) is 4. The van der Waals surface area contributed by atoms with E-state index in [0.717, 1.165) is 18.1 Å². The van der Waals surface area contributed by atoms with E-state index in [-0.39, 0.29) is 48.6 Å². The van der Waals surface area contributed by atoms with Crippen LogP contribution in [0.25, 0.3) is 0 Å². The van der Waals surface area contributed by atoms with Crippen molar-refractivity contribution in [2.24, 2.45) is 0 Å². The smallest absolute Gasteiger partial charge is 0.258 e. The highest BCUT2D eigenvalue weighted by atomic mass is 35.5. The van der Waals surface area contributed by atoms with E-state index >= 15 is 0 Å². The number of aliphatic hydroxyl groups excluding tert-OH is 1. The van der Waals surface area contributed by atoms with Gasteiger partial charge in [-0.05, 0) is 42.7 Å². The molecule has 2 atom stereocenters. The van der Waals surface area contributed by atoms with Gasteiger partial charge >= 0.3 is 0 Å². The average molecular weight is 483 g/mol. The first-order valence-corrected chi connectivity index (χ1v) is 11.1. The lowest BCUT2D eigenvalue weighted by molar-refractivity contribution is -0.130. The number of halogens is 3. The Morgan fingerprint density at radius 2 is 1.97 bits per heavy atom. The van der Waals surface area contributed by atoms with Gasteiger partial charge in [0.1, 0.15) is 11.6 Å². The van der Waals surface area contributed by atoms with E-state index in [4.69, 9.17) is 27.9 Å². The molecule has 9 heteroatoms. The minimum Gasteiger partial charge on any atom is -0.484 e. The van der Waals surface area contributed by atoms with Crippen LogP contribution in [-0.2, 0) is 9.59 Å². The van der Waals surface area contributed by atoms with Gasteiger partial charge in [0.25, 0.3) is 5.91 Å². The molecule has 0 aromatic heterocycles. The number of carbonyl (C=O) groups excluding carboxylic acids is 2. The van der Waals surface area contributed by atoms with E-state index in [1.807, 2.05) is 29.2 Å². The minimum atomic E-state index is -0.856. The molecule has 2 N–H and O–H groups in total. The summed E-state index contributed by atoms with van der Waals surface area (Å²) in [4.78, 5) is 26.1. The molecule has 32 heavy (non-hydrogen) atoms. The second kappa shape index (κ2) is 11.5. The minimum absolute atomic E-state index is 0.00213. The zero-order valence-electron chi connectivity index (χ0n) is 17.4. The fourth-order valence-electron chi connectivity index (χ4n) is 3.54. The molecule has 2 unspecified atom stereocenters. The third-order valence-corrected chi connectivity index (χ3v) is 5.93. The third-order valence-electron chi connectivity index (χ3n) is 5.37. The molecule has 0 bridgehead atoms. The maximum Gasteiger partial charge on any atom is 0.258 e. The van der Waals surface area contributed by atoms with Crippen molar-refractivity contribution in [2.45, 2.75) is 31.3 Å². The van der Waals surface area contributed by atoms with Gasteiger partial charge in [0.2, 0.25) is 5.91 Å². The van der Waals surface area contributed by atoms with Crippen molar-refractivity contribution in [2.75, 3.05) is 26.2 Å². The summed E-state index contributed by atoms with van der Waals surface area (Å²) in [5, 5.41) is 13.3. The molecule has 0 radical (unpaired) electrons. The Kier molecular flexibility index (Phi) is 8.73. The Labute approximate surface area is 196 Å². The van der Waals surface area contributed by atoms with Gasteiger partial charge in [0.15, 0.2) is 6.61 Å². The van der Waals surface area contributed by atoms with Crippen molar-refractivity contribution in [3.05, 3.63) is 63.9 Å². The Morgan fingerprint density at radius 1 is 1.22 bits per heavy atom. The Hall–Kier alpha value is -2.35. The molecule has 172 valence electrons. The van der Waals surface area contributed by atoms with E-state index in [1.165, 1.54) is 12.1 Å². The highest BCUT2D eigenvalue weighted by molar-refractivity contribution is 6.30. The van der Waals surface area contributed by atoms with Gasteiger partial charge in [-0.3, -0.25) is 9.59 Å². The van der Waals surface area contributed by atoms with Crippen LogP contribution in [0, 0.1) is 5.82 Å². The van der Waals surface area contributed by atoms with Gasteiger partial charge in [-0.2, -0.15) is 0 Å². The van der Waals surface area contributed by atoms with E-state index in [9.17, 15) is 19.1 Å². The standard InChI is InChI=1S/C23H25Cl2FN2O4/c24-17-3-1-15(2-4-17)16-9-10-28(13-16)23(31)8-5-18(29)12-27-22(30)14-32-19-6-7-20(25)21(26)11-19/h1-4,6-7,11,16,18,29H,5,8-10,12-14H2,(H,27,30). The number of likely N-dealkylation sites (tertiary alicyclic amines) is 1. The molecule has 1 heterocycles. The van der Waals surface area contributed by atoms with E-state index in [0.29, 0.717) is 18.1 Å². The number of aliphatic hydroxyl groups is 1. The molecule has 2 amide bonds. The van der Waals surface area contributed by atoms with Gasteiger partial charge in [0.05, 0.1) is 11.1 Å². The predicted molar refractivity (Wildman–Crippen MR) is 121 cm³/mol. The van der Waals surface area contributed by atoms with Crippen molar-refractivity contribution in [3.8, 4) is 5.75 Å². The van der Waals surface area contributed by atoms with Crippen LogP contribution in [0.2, 0.25) is 10.0 Å². The lowest BCUT2D eigenvalue weighted by Gasteiger charge is -2.18. The van der Waals surface area contributed by atoms with Crippen molar-refractivity contribution < 1.29 is 23.8 Å². The molecule has 1 fully saturated rings. The maximum atomic E-state index is 13.4. The van der Waals surface area contributed by atoms with E-state index in [2.05, 4.69) is 5.32 Å². The fraction of sp³-hybridized carbons (Fsp3) is 0.391. The third kappa shape index (κ3) is 7.08. The van der Waals surface area contributed by atoms with Crippen LogP contribution in [0.3, 0.4) is 0 Å². The van der Waals surface area contributed by atoms with Crippen LogP contribution in [0.15, 0.2) is 42.5 Å². The second-order valence-electron chi connectivity index (χ2n) is 7.74. The molecular formula is C23H25Cl2FN2O4. The summed E-state index contributed by atoms with van der Waals surface area (Å²) in [6.07, 6.45) is 0.476. The number of amides is 2. The summed E-state index contributed by atoms with van der Waals surface area (Å²) in [7, 11) is 0. The van der Waals surface area contributed by atoms with Gasteiger partial charge in [-0.15, -0.1) is 0 Å². The molecule has 6 nitrogen and oxygen atoms in total. The number of rotatable bonds is 9. The number of ether oxygens (including phenoxy) is 1. The van der Waals surface area contributed by atoms with Crippen LogP contribution >= 0.6 is 23.2 Å². The molecule has 1 aliphatic heterocycles. The predicted octanol–water partition coefficient (Wildman–Crippen LogP) is 3.78. The SMILES string of the molecule is O=C(COc1ccc(Cl)c(F)c1)NCC(O)CCC(=O)N1CCC(c2ccc(Cl)cc2)C1. The highest BCUT2D eigenvalue weighted by Gasteiger charge is 2.27. The number of benzene rings is 2. The van der Waals surface area contributed by atoms with Crippen LogP contribution < -0.4 is 10.1 Å². The Morgan fingerprint density at radius 3 is 2.69 bits per heavy atom. The molecular weight excluding hydrogens is 458 g/mol. The van der Waals surface area contributed by atoms with Gasteiger partial charge in [-0.1, -0.05) is 35.3 Å². The first kappa shape index (κ1) is 24.3. The van der Waals surface area contributed by atoms with E-state index in [1.54, 1.807) is 0 Å². The lowest BCUT2D eigenvalue weighted by Crippen LogP contribution is -2.36. The summed E-state index contributed by atoms with van der Waals surface area (Å²) < 4.78 is 18.6. The summed E-state index contributed by atoms with van der Waals surface area (Å²) in [5.74, 6) is -0.650. The average Bonchev–Trinajstić information content (AvgIpc) is 3.27. The molecule has 0 saturated carbocycles. The maximum absolute atomic E-state index is 13.4. The van der Waals surface area contributed by atoms with Crippen molar-refractivity contribution >= 4 is 35.0 Å². The van der Waals surface area contributed by atoms with Gasteiger partial charge in [0, 0.05) is 43.1 Å². The van der Waals surface area contributed by atoms with E-state index < -0.39 is 17.8 Å². The second-order valence-corrected chi connectivity index (χ2v) is 8.58. The summed E-state index contributed by atoms with van der Waals surface area (Å²) >= 11 is 11.5. The normalized spacial score (nSPS) is 16.6. The van der Waals surface area contributed by atoms with Crippen molar-refractivity contribution in [1.82, 2.24) is 10.2 Å². The van der Waals surface area contributed by atoms with Crippen molar-refractivity contribution in [3.63, 3.8) is 0 Å². The quantitative estimate of drug-likeness (QED) is 0.569. The summed E-state index contributed by atoms with van der Waals surface area (Å²) in [5.41, 5.74) is 1.16. The number of nitrogens with one attached hydrogen (secondary N) is 1. The van der Waals surface area contributed by atoms with Gasteiger partial charge in [-0.25, -0.2) is 4.39 Å². The molecule has 3 rings (SSSR count). The van der Waals surface area contributed by atoms with Gasteiger partial charge < -0.3 is 20.1 Å². The van der Waals surface area contributed by atoms with Crippen molar-refractivity contribution in [1.29, 1.82) is 0 Å². The largest absolute Gasteiger partial charge is 0.484 e. The lowest BCUT2D eigenvalue weighted by atomic mass is 9.99. The molecule has 1 aliphatic rings. The number of carbonyl (C=O) groups is 2. The fourth-order valence-corrected chi connectivity index (χ4v) is 3.79. The Bertz CT molecular complexity index is 942. The topological polar surface area (TPSA) is 78.9 Å². The van der Waals surface area contributed by atoms with Crippen LogP contribution in [0.4, 0.5) is 4.39 Å². The number of hydrogen-bond donors (Lipinski definition) is 2. The summed E-state index contributed by atoms with van der Waals surface area (Å²) in [6, 6.07) is 11.6. The molecule has 0 aliphatic carbocycles. The molecule has 1 saturated heterocycles. The first-order chi connectivity index (χ1) is 15.3. The zero-order chi connectivity index (χ0) is 23.1. The number of nitrogens with zero attached hydrogens (tertiary/aromatic N) is 1. The highest BCUT2D eigenvalue weighted by Crippen LogP contribution is 2.28. The van der Waals surface area contributed by atoms with Crippen LogP contribution in [0.5, 0.6) is 5.75 Å². The first-order valence-electron chi connectivity index (χ1n) is 10.4. The van der Waals surface area contributed by atoms with Crippen LogP contribution in [0.1, 0.15) is 30.7 Å². The molecule has 2 aromatic rings. The zero-order valence-corrected chi connectivity index (χ0v) is 18.9. The monoisotopic (exact) mass is 482 g/mol.